The van der Waals surface area contributed by atoms with E-state index in [1.165, 1.54) is 5.56 Å². The molecule has 0 heterocycles. The highest BCUT2D eigenvalue weighted by molar-refractivity contribution is 6.03. The van der Waals surface area contributed by atoms with Crippen LogP contribution in [0.3, 0.4) is 0 Å². The summed E-state index contributed by atoms with van der Waals surface area (Å²) < 4.78 is 10.8. The molecule has 6 nitrogen and oxygen atoms in total. The summed E-state index contributed by atoms with van der Waals surface area (Å²) in [7, 11) is 3.27. The van der Waals surface area contributed by atoms with E-state index in [2.05, 4.69) is 15.7 Å². The molecule has 0 spiro atoms. The number of hydrogen-bond acceptors (Lipinski definition) is 6. The fourth-order valence-corrected chi connectivity index (χ4v) is 2.82. The van der Waals surface area contributed by atoms with Gasteiger partial charge in [-0.2, -0.15) is 5.10 Å². The summed E-state index contributed by atoms with van der Waals surface area (Å²) in [5.74, 6) is 1.44. The van der Waals surface area contributed by atoms with Gasteiger partial charge in [-0.25, -0.2) is 0 Å². The summed E-state index contributed by atoms with van der Waals surface area (Å²) >= 11 is 0. The normalized spacial score (nSPS) is 14.8. The molecule has 1 aliphatic rings. The quantitative estimate of drug-likeness (QED) is 0.659. The molecule has 0 radical (unpaired) electrons. The molecule has 0 aromatic heterocycles. The van der Waals surface area contributed by atoms with Gasteiger partial charge in [0.25, 0.3) is 0 Å². The van der Waals surface area contributed by atoms with E-state index >= 15 is 0 Å². The Balaban J connectivity index is 1.88. The molecule has 0 amide bonds. The molecule has 2 aromatic rings. The Morgan fingerprint density at radius 2 is 1.71 bits per heavy atom. The molecule has 6 heteroatoms. The zero-order valence-corrected chi connectivity index (χ0v) is 13.7. The fraction of sp³-hybridized carbons (Fsp3) is 0.278. The first-order valence-electron chi connectivity index (χ1n) is 7.76. The maximum absolute atomic E-state index is 10.5. The van der Waals surface area contributed by atoms with Gasteiger partial charge in [-0.1, -0.05) is 0 Å². The second-order valence-corrected chi connectivity index (χ2v) is 5.53. The van der Waals surface area contributed by atoms with E-state index in [9.17, 15) is 4.91 Å². The standard InChI is InChI=1S/C18H19N3O3/c1-23-17-10-12-4-3-5-16(15(12)11-18(17)24-2)20-19-13-6-8-14(21-22)9-7-13/h6-11,19H,3-5H2,1-2H3/b20-16+. The smallest absolute Gasteiger partial charge is 0.161 e. The predicted molar refractivity (Wildman–Crippen MR) is 94.5 cm³/mol. The lowest BCUT2D eigenvalue weighted by molar-refractivity contribution is 0.354. The number of nitrogens with one attached hydrogen (secondary N) is 1. The Hall–Kier alpha value is -2.89. The molecule has 1 N–H and O–H groups in total. The van der Waals surface area contributed by atoms with Crippen molar-refractivity contribution in [2.24, 2.45) is 10.3 Å². The minimum atomic E-state index is 0.396. The van der Waals surface area contributed by atoms with Gasteiger partial charge in [-0.3, -0.25) is 5.43 Å². The predicted octanol–water partition coefficient (Wildman–Crippen LogP) is 4.25. The van der Waals surface area contributed by atoms with E-state index in [1.807, 2.05) is 12.1 Å². The third-order valence-corrected chi connectivity index (χ3v) is 4.07. The topological polar surface area (TPSA) is 72.3 Å². The lowest BCUT2D eigenvalue weighted by atomic mass is 9.89. The minimum absolute atomic E-state index is 0.396. The first kappa shape index (κ1) is 16.0. The maximum atomic E-state index is 10.5. The number of nitrogens with zero attached hydrogens (tertiary/aromatic N) is 2. The highest BCUT2D eigenvalue weighted by atomic mass is 16.5. The molecule has 0 atom stereocenters. The lowest BCUT2D eigenvalue weighted by Crippen LogP contribution is -2.14. The van der Waals surface area contributed by atoms with Crippen molar-refractivity contribution in [3.8, 4) is 11.5 Å². The van der Waals surface area contributed by atoms with Crippen LogP contribution in [0.1, 0.15) is 24.0 Å². The molecule has 24 heavy (non-hydrogen) atoms. The van der Waals surface area contributed by atoms with Crippen molar-refractivity contribution >= 4 is 17.1 Å². The fourth-order valence-electron chi connectivity index (χ4n) is 2.82. The van der Waals surface area contributed by atoms with E-state index in [0.29, 0.717) is 11.4 Å². The van der Waals surface area contributed by atoms with Gasteiger partial charge in [0.2, 0.25) is 0 Å². The van der Waals surface area contributed by atoms with E-state index in [0.717, 1.165) is 42.0 Å². The Labute approximate surface area is 140 Å². The van der Waals surface area contributed by atoms with Gasteiger partial charge in [-0.15, -0.1) is 4.91 Å². The summed E-state index contributed by atoms with van der Waals surface area (Å²) in [5.41, 5.74) is 7.52. The number of methoxy groups -OCH3 is 2. The van der Waals surface area contributed by atoms with Crippen LogP contribution in [-0.2, 0) is 6.42 Å². The lowest BCUT2D eigenvalue weighted by Gasteiger charge is -2.20. The van der Waals surface area contributed by atoms with Crippen molar-refractivity contribution in [3.05, 3.63) is 52.4 Å². The van der Waals surface area contributed by atoms with Crippen molar-refractivity contribution in [2.75, 3.05) is 19.6 Å². The molecule has 3 rings (SSSR count). The minimum Gasteiger partial charge on any atom is -0.493 e. The van der Waals surface area contributed by atoms with Crippen molar-refractivity contribution in [1.82, 2.24) is 0 Å². The molecule has 0 saturated carbocycles. The summed E-state index contributed by atoms with van der Waals surface area (Å²) in [6.45, 7) is 0. The highest BCUT2D eigenvalue weighted by Crippen LogP contribution is 2.34. The third kappa shape index (κ3) is 3.22. The number of benzene rings is 2. The summed E-state index contributed by atoms with van der Waals surface area (Å²) in [6, 6.07) is 10.9. The van der Waals surface area contributed by atoms with Gasteiger partial charge < -0.3 is 9.47 Å². The van der Waals surface area contributed by atoms with Crippen LogP contribution < -0.4 is 14.9 Å². The second-order valence-electron chi connectivity index (χ2n) is 5.53. The Bertz CT molecular complexity index is 770. The molecule has 0 bridgehead atoms. The molecular weight excluding hydrogens is 306 g/mol. The number of hydrazone groups is 1. The van der Waals surface area contributed by atoms with Gasteiger partial charge in [0.05, 0.1) is 25.6 Å². The number of rotatable bonds is 5. The summed E-state index contributed by atoms with van der Waals surface area (Å²) in [5, 5.41) is 7.43. The van der Waals surface area contributed by atoms with Gasteiger partial charge in [0, 0.05) is 5.56 Å². The molecule has 1 aliphatic carbocycles. The summed E-state index contributed by atoms with van der Waals surface area (Å²) in [4.78, 5) is 10.5. The van der Waals surface area contributed by atoms with E-state index in [1.54, 1.807) is 38.5 Å². The number of hydrogen-bond donors (Lipinski definition) is 1. The van der Waals surface area contributed by atoms with Crippen LogP contribution >= 0.6 is 0 Å². The molecule has 0 aliphatic heterocycles. The number of fused-ring (bicyclic) bond motifs is 1. The Morgan fingerprint density at radius 1 is 1.00 bits per heavy atom. The monoisotopic (exact) mass is 325 g/mol. The van der Waals surface area contributed by atoms with E-state index in [4.69, 9.17) is 9.47 Å². The van der Waals surface area contributed by atoms with Crippen molar-refractivity contribution < 1.29 is 9.47 Å². The van der Waals surface area contributed by atoms with Crippen LogP contribution in [0.25, 0.3) is 0 Å². The molecule has 0 saturated heterocycles. The van der Waals surface area contributed by atoms with Gasteiger partial charge >= 0.3 is 0 Å². The van der Waals surface area contributed by atoms with Crippen molar-refractivity contribution in [1.29, 1.82) is 0 Å². The van der Waals surface area contributed by atoms with Crippen molar-refractivity contribution in [2.45, 2.75) is 19.3 Å². The molecular formula is C18H19N3O3. The third-order valence-electron chi connectivity index (χ3n) is 4.07. The zero-order chi connectivity index (χ0) is 16.9. The van der Waals surface area contributed by atoms with E-state index in [-0.39, 0.29) is 0 Å². The number of ether oxygens (including phenoxy) is 2. The first-order valence-corrected chi connectivity index (χ1v) is 7.76. The Kier molecular flexibility index (Phi) is 4.74. The van der Waals surface area contributed by atoms with Gasteiger partial charge in [-0.05, 0) is 66.4 Å². The average molecular weight is 325 g/mol. The van der Waals surface area contributed by atoms with Crippen LogP contribution in [0.5, 0.6) is 11.5 Å². The average Bonchev–Trinajstić information content (AvgIpc) is 2.65. The van der Waals surface area contributed by atoms with Crippen LogP contribution in [-0.4, -0.2) is 19.9 Å². The molecule has 0 fully saturated rings. The van der Waals surface area contributed by atoms with Gasteiger partial charge in [0.15, 0.2) is 11.5 Å². The van der Waals surface area contributed by atoms with Gasteiger partial charge in [0.1, 0.15) is 5.69 Å². The number of nitroso groups, excluding NO2 is 1. The molecule has 0 unspecified atom stereocenters. The largest absolute Gasteiger partial charge is 0.493 e. The van der Waals surface area contributed by atoms with Crippen LogP contribution in [0.15, 0.2) is 46.7 Å². The summed E-state index contributed by atoms with van der Waals surface area (Å²) in [6.07, 6.45) is 2.93. The van der Waals surface area contributed by atoms with Crippen LogP contribution in [0, 0.1) is 4.91 Å². The van der Waals surface area contributed by atoms with Crippen LogP contribution in [0.4, 0.5) is 11.4 Å². The number of aryl methyl sites for hydroxylation is 1. The number of anilines is 1. The maximum Gasteiger partial charge on any atom is 0.161 e. The van der Waals surface area contributed by atoms with E-state index < -0.39 is 0 Å². The highest BCUT2D eigenvalue weighted by Gasteiger charge is 2.19. The SMILES string of the molecule is COc1cc2c(cc1OC)/C(=N/Nc1ccc(N=O)cc1)CCC2. The zero-order valence-electron chi connectivity index (χ0n) is 13.7. The van der Waals surface area contributed by atoms with Crippen molar-refractivity contribution in [3.63, 3.8) is 0 Å². The first-order chi connectivity index (χ1) is 11.7. The second kappa shape index (κ2) is 7.12. The van der Waals surface area contributed by atoms with Crippen LogP contribution in [0.2, 0.25) is 0 Å². The Morgan fingerprint density at radius 3 is 2.38 bits per heavy atom. The molecule has 124 valence electrons. The molecule has 2 aromatic carbocycles.